The number of carbonyl (C=O) groups excluding carboxylic acids is 3. The Kier molecular flexibility index (Phi) is 7.59. The SMILES string of the molecule is CC(C)OCCCNC(=O)NCCCN1C(=O)c2ccc(Br)cc2C1=O. The van der Waals surface area contributed by atoms with Crippen LogP contribution in [0.2, 0.25) is 0 Å². The van der Waals surface area contributed by atoms with Crippen LogP contribution in [-0.4, -0.2) is 55.1 Å². The van der Waals surface area contributed by atoms with E-state index < -0.39 is 0 Å². The first kappa shape index (κ1) is 20.4. The number of ether oxygens (including phenoxy) is 1. The first-order chi connectivity index (χ1) is 12.4. The average molecular weight is 426 g/mol. The Bertz CT molecular complexity index is 678. The minimum Gasteiger partial charge on any atom is -0.379 e. The van der Waals surface area contributed by atoms with Crippen molar-refractivity contribution in [3.8, 4) is 0 Å². The van der Waals surface area contributed by atoms with Gasteiger partial charge in [0.2, 0.25) is 0 Å². The minimum atomic E-state index is -0.291. The molecule has 1 aliphatic heterocycles. The summed E-state index contributed by atoms with van der Waals surface area (Å²) in [4.78, 5) is 37.5. The highest BCUT2D eigenvalue weighted by molar-refractivity contribution is 9.10. The molecule has 142 valence electrons. The molecule has 0 radical (unpaired) electrons. The number of benzene rings is 1. The molecule has 2 N–H and O–H groups in total. The second kappa shape index (κ2) is 9.68. The van der Waals surface area contributed by atoms with Gasteiger partial charge in [0.15, 0.2) is 0 Å². The lowest BCUT2D eigenvalue weighted by Crippen LogP contribution is -2.38. The lowest BCUT2D eigenvalue weighted by Gasteiger charge is -2.14. The first-order valence-corrected chi connectivity index (χ1v) is 9.48. The van der Waals surface area contributed by atoms with Gasteiger partial charge < -0.3 is 15.4 Å². The van der Waals surface area contributed by atoms with E-state index in [2.05, 4.69) is 26.6 Å². The number of imide groups is 1. The van der Waals surface area contributed by atoms with E-state index in [-0.39, 0.29) is 30.5 Å². The Morgan fingerprint density at radius 3 is 2.46 bits per heavy atom. The summed E-state index contributed by atoms with van der Waals surface area (Å²) in [6.07, 6.45) is 1.43. The molecule has 1 heterocycles. The molecular formula is C18H24BrN3O4. The minimum absolute atomic E-state index is 0.187. The van der Waals surface area contributed by atoms with Gasteiger partial charge in [-0.05, 0) is 44.9 Å². The van der Waals surface area contributed by atoms with Crippen molar-refractivity contribution in [2.45, 2.75) is 32.8 Å². The van der Waals surface area contributed by atoms with Gasteiger partial charge in [-0.3, -0.25) is 14.5 Å². The molecule has 26 heavy (non-hydrogen) atoms. The van der Waals surface area contributed by atoms with Crippen LogP contribution in [0.25, 0.3) is 0 Å². The van der Waals surface area contributed by atoms with E-state index in [0.29, 0.717) is 37.2 Å². The second-order valence-electron chi connectivity index (χ2n) is 6.26. The van der Waals surface area contributed by atoms with Crippen LogP contribution in [0.15, 0.2) is 22.7 Å². The maximum atomic E-state index is 12.3. The standard InChI is InChI=1S/C18H24BrN3O4/c1-12(2)26-10-4-8-21-18(25)20-7-3-9-22-16(23)14-6-5-13(19)11-15(14)17(22)24/h5-6,11-12H,3-4,7-10H2,1-2H3,(H2,20,21,25). The molecule has 1 aromatic carbocycles. The number of amides is 4. The number of hydrogen-bond donors (Lipinski definition) is 2. The summed E-state index contributed by atoms with van der Waals surface area (Å²) in [5.41, 5.74) is 0.839. The molecule has 7 nitrogen and oxygen atoms in total. The number of nitrogens with zero attached hydrogens (tertiary/aromatic N) is 1. The predicted octanol–water partition coefficient (Wildman–Crippen LogP) is 2.55. The van der Waals surface area contributed by atoms with E-state index in [1.54, 1.807) is 18.2 Å². The Morgan fingerprint density at radius 1 is 1.12 bits per heavy atom. The molecule has 4 amide bonds. The van der Waals surface area contributed by atoms with Crippen molar-refractivity contribution in [1.29, 1.82) is 0 Å². The number of nitrogens with one attached hydrogen (secondary N) is 2. The molecule has 0 spiro atoms. The summed E-state index contributed by atoms with van der Waals surface area (Å²) in [6, 6.07) is 4.78. The van der Waals surface area contributed by atoms with Gasteiger partial charge in [-0.2, -0.15) is 0 Å². The van der Waals surface area contributed by atoms with Crippen molar-refractivity contribution in [3.63, 3.8) is 0 Å². The van der Waals surface area contributed by atoms with Gasteiger partial charge in [-0.25, -0.2) is 4.79 Å². The van der Waals surface area contributed by atoms with Crippen molar-refractivity contribution >= 4 is 33.8 Å². The van der Waals surface area contributed by atoms with E-state index >= 15 is 0 Å². The van der Waals surface area contributed by atoms with Crippen molar-refractivity contribution in [1.82, 2.24) is 15.5 Å². The zero-order valence-corrected chi connectivity index (χ0v) is 16.6. The van der Waals surface area contributed by atoms with Crippen LogP contribution < -0.4 is 10.6 Å². The number of rotatable bonds is 9. The molecule has 0 saturated carbocycles. The zero-order valence-electron chi connectivity index (χ0n) is 15.0. The van der Waals surface area contributed by atoms with Crippen LogP contribution in [-0.2, 0) is 4.74 Å². The number of halogens is 1. The second-order valence-corrected chi connectivity index (χ2v) is 7.18. The van der Waals surface area contributed by atoms with Crippen LogP contribution in [0.3, 0.4) is 0 Å². The Labute approximate surface area is 161 Å². The van der Waals surface area contributed by atoms with Gasteiger partial charge in [0, 0.05) is 30.7 Å². The topological polar surface area (TPSA) is 87.7 Å². The van der Waals surface area contributed by atoms with Crippen LogP contribution in [0.4, 0.5) is 4.79 Å². The molecule has 0 saturated heterocycles. The van der Waals surface area contributed by atoms with Gasteiger partial charge in [-0.1, -0.05) is 15.9 Å². The third kappa shape index (κ3) is 5.54. The van der Waals surface area contributed by atoms with E-state index in [1.165, 1.54) is 4.90 Å². The lowest BCUT2D eigenvalue weighted by molar-refractivity contribution is 0.0653. The summed E-state index contributed by atoms with van der Waals surface area (Å²) in [7, 11) is 0. The number of fused-ring (bicyclic) bond motifs is 1. The quantitative estimate of drug-likeness (QED) is 0.469. The molecule has 0 atom stereocenters. The van der Waals surface area contributed by atoms with Crippen LogP contribution in [0.5, 0.6) is 0 Å². The van der Waals surface area contributed by atoms with Crippen LogP contribution >= 0.6 is 15.9 Å². The molecule has 0 unspecified atom stereocenters. The fourth-order valence-corrected chi connectivity index (χ4v) is 2.92. The highest BCUT2D eigenvalue weighted by Gasteiger charge is 2.34. The maximum Gasteiger partial charge on any atom is 0.314 e. The number of urea groups is 1. The molecule has 1 aliphatic rings. The normalized spacial score (nSPS) is 13.3. The molecule has 0 fully saturated rings. The molecule has 8 heteroatoms. The van der Waals surface area contributed by atoms with Gasteiger partial charge in [-0.15, -0.1) is 0 Å². The van der Waals surface area contributed by atoms with E-state index in [0.717, 1.165) is 10.9 Å². The summed E-state index contributed by atoms with van der Waals surface area (Å²) in [5, 5.41) is 5.46. The third-order valence-electron chi connectivity index (χ3n) is 3.83. The maximum absolute atomic E-state index is 12.3. The summed E-state index contributed by atoms with van der Waals surface area (Å²) < 4.78 is 6.15. The molecule has 1 aromatic rings. The van der Waals surface area contributed by atoms with E-state index in [1.807, 2.05) is 13.8 Å². The fourth-order valence-electron chi connectivity index (χ4n) is 2.56. The van der Waals surface area contributed by atoms with Gasteiger partial charge in [0.1, 0.15) is 0 Å². The Hall–Kier alpha value is -1.93. The first-order valence-electron chi connectivity index (χ1n) is 8.69. The molecule has 0 aromatic heterocycles. The largest absolute Gasteiger partial charge is 0.379 e. The zero-order chi connectivity index (χ0) is 19.1. The van der Waals surface area contributed by atoms with E-state index in [4.69, 9.17) is 4.74 Å². The highest BCUT2D eigenvalue weighted by Crippen LogP contribution is 2.25. The average Bonchev–Trinajstić information content (AvgIpc) is 2.82. The van der Waals surface area contributed by atoms with Crippen molar-refractivity contribution < 1.29 is 19.1 Å². The van der Waals surface area contributed by atoms with Gasteiger partial charge >= 0.3 is 6.03 Å². The Balaban J connectivity index is 1.65. The highest BCUT2D eigenvalue weighted by atomic mass is 79.9. The molecule has 0 aliphatic carbocycles. The Morgan fingerprint density at radius 2 is 1.77 bits per heavy atom. The number of hydrogen-bond acceptors (Lipinski definition) is 4. The fraction of sp³-hybridized carbons (Fsp3) is 0.500. The van der Waals surface area contributed by atoms with E-state index in [9.17, 15) is 14.4 Å². The third-order valence-corrected chi connectivity index (χ3v) is 4.33. The van der Waals surface area contributed by atoms with Crippen LogP contribution in [0, 0.1) is 0 Å². The predicted molar refractivity (Wildman–Crippen MR) is 101 cm³/mol. The van der Waals surface area contributed by atoms with Gasteiger partial charge in [0.05, 0.1) is 17.2 Å². The summed E-state index contributed by atoms with van der Waals surface area (Å²) in [6.45, 7) is 5.72. The smallest absolute Gasteiger partial charge is 0.314 e. The molecule has 2 rings (SSSR count). The van der Waals surface area contributed by atoms with Crippen molar-refractivity contribution in [2.75, 3.05) is 26.2 Å². The summed E-state index contributed by atoms with van der Waals surface area (Å²) in [5.74, 6) is -0.576. The van der Waals surface area contributed by atoms with Crippen molar-refractivity contribution in [3.05, 3.63) is 33.8 Å². The van der Waals surface area contributed by atoms with Crippen LogP contribution in [0.1, 0.15) is 47.4 Å². The molecule has 0 bridgehead atoms. The number of carbonyl (C=O) groups is 3. The molecular weight excluding hydrogens is 402 g/mol. The summed E-state index contributed by atoms with van der Waals surface area (Å²) >= 11 is 3.30. The monoisotopic (exact) mass is 425 g/mol. The van der Waals surface area contributed by atoms with Crippen molar-refractivity contribution in [2.24, 2.45) is 0 Å². The van der Waals surface area contributed by atoms with Gasteiger partial charge in [0.25, 0.3) is 11.8 Å². The lowest BCUT2D eigenvalue weighted by atomic mass is 10.1.